The van der Waals surface area contributed by atoms with E-state index < -0.39 is 17.8 Å². The summed E-state index contributed by atoms with van der Waals surface area (Å²) in [5.74, 6) is -0.227. The normalized spacial score (nSPS) is 14.8. The molecular formula is C29H30F3N5O2. The fourth-order valence-electron chi connectivity index (χ4n) is 5.27. The van der Waals surface area contributed by atoms with Gasteiger partial charge in [-0.1, -0.05) is 32.0 Å². The number of nitrogens with zero attached hydrogens (tertiary/aromatic N) is 4. The fourth-order valence-corrected chi connectivity index (χ4v) is 5.27. The number of carbonyl (C=O) groups excluding carboxylic acids is 2. The van der Waals surface area contributed by atoms with E-state index in [1.54, 1.807) is 16.6 Å². The number of nitrogens with one attached hydrogen (secondary N) is 1. The summed E-state index contributed by atoms with van der Waals surface area (Å²) in [6, 6.07) is 15.2. The molecule has 1 saturated heterocycles. The van der Waals surface area contributed by atoms with Crippen LogP contribution in [0.3, 0.4) is 0 Å². The zero-order valence-corrected chi connectivity index (χ0v) is 22.0. The van der Waals surface area contributed by atoms with Gasteiger partial charge in [0.05, 0.1) is 16.8 Å². The third-order valence-corrected chi connectivity index (χ3v) is 7.39. The smallest absolute Gasteiger partial charge is 0.338 e. The van der Waals surface area contributed by atoms with E-state index in [4.69, 9.17) is 0 Å². The molecule has 1 aromatic carbocycles. The molecule has 1 aliphatic heterocycles. The molecule has 1 N–H and O–H groups in total. The van der Waals surface area contributed by atoms with Crippen molar-refractivity contribution in [1.29, 1.82) is 0 Å². The second-order valence-corrected chi connectivity index (χ2v) is 10.2. The van der Waals surface area contributed by atoms with Crippen LogP contribution in [0.15, 0.2) is 60.8 Å². The van der Waals surface area contributed by atoms with Gasteiger partial charge in [-0.25, -0.2) is 4.52 Å². The number of pyridine rings is 1. The number of amides is 2. The molecule has 0 unspecified atom stereocenters. The lowest BCUT2D eigenvalue weighted by molar-refractivity contribution is -0.143. The predicted octanol–water partition coefficient (Wildman–Crippen LogP) is 6.09. The van der Waals surface area contributed by atoms with Crippen molar-refractivity contribution in [3.05, 3.63) is 89.0 Å². The number of piperidine rings is 1. The largest absolute Gasteiger partial charge is 0.431 e. The van der Waals surface area contributed by atoms with Crippen molar-refractivity contribution in [1.82, 2.24) is 19.1 Å². The molecule has 4 heterocycles. The van der Waals surface area contributed by atoms with E-state index in [0.29, 0.717) is 24.3 Å². The van der Waals surface area contributed by atoms with Crippen molar-refractivity contribution in [2.75, 3.05) is 18.4 Å². The molecule has 7 nitrogen and oxygen atoms in total. The van der Waals surface area contributed by atoms with Gasteiger partial charge in [0.25, 0.3) is 11.8 Å². The predicted molar refractivity (Wildman–Crippen MR) is 142 cm³/mol. The van der Waals surface area contributed by atoms with Gasteiger partial charge in [0.2, 0.25) is 0 Å². The average Bonchev–Trinajstić information content (AvgIpc) is 3.50. The minimum absolute atomic E-state index is 0.00534. The zero-order chi connectivity index (χ0) is 27.9. The maximum atomic E-state index is 13.6. The fraction of sp³-hybridized carbons (Fsp3) is 0.345. The average molecular weight is 538 g/mol. The molecular weight excluding hydrogens is 507 g/mol. The van der Waals surface area contributed by atoms with Crippen molar-refractivity contribution in [3.8, 4) is 0 Å². The standard InChI is InChI=1S/C29H30F3N5O2/c1-18(2)26-25(22-6-4-5-15-37(22)34-26)28(39)36-16-13-20(14-17-36)19-7-9-21(10-8-19)33-27(38)23-11-12-24(35(23)3)29(30,31)32/h4-12,15,18,20H,13-14,16-17H2,1-3H3,(H,33,38). The van der Waals surface area contributed by atoms with Crippen LogP contribution in [0, 0.1) is 0 Å². The van der Waals surface area contributed by atoms with Crippen LogP contribution in [-0.2, 0) is 13.2 Å². The lowest BCUT2D eigenvalue weighted by Gasteiger charge is -2.32. The van der Waals surface area contributed by atoms with Gasteiger partial charge < -0.3 is 14.8 Å². The van der Waals surface area contributed by atoms with Crippen molar-refractivity contribution in [2.45, 2.75) is 44.7 Å². The molecule has 0 aliphatic carbocycles. The highest BCUT2D eigenvalue weighted by Gasteiger charge is 2.35. The molecule has 0 saturated carbocycles. The number of fused-ring (bicyclic) bond motifs is 1. The number of hydrogen-bond donors (Lipinski definition) is 1. The Morgan fingerprint density at radius 3 is 2.31 bits per heavy atom. The highest BCUT2D eigenvalue weighted by atomic mass is 19.4. The topological polar surface area (TPSA) is 71.6 Å². The van der Waals surface area contributed by atoms with E-state index in [2.05, 4.69) is 10.4 Å². The van der Waals surface area contributed by atoms with Crippen LogP contribution in [-0.4, -0.2) is 44.0 Å². The molecule has 1 aliphatic rings. The van der Waals surface area contributed by atoms with Gasteiger partial charge in [-0.2, -0.15) is 18.3 Å². The first-order valence-corrected chi connectivity index (χ1v) is 13.0. The number of alkyl halides is 3. The molecule has 2 amide bonds. The number of aromatic nitrogens is 3. The first-order chi connectivity index (χ1) is 18.5. The van der Waals surface area contributed by atoms with E-state index in [1.807, 2.05) is 55.3 Å². The van der Waals surface area contributed by atoms with Crippen molar-refractivity contribution in [2.24, 2.45) is 7.05 Å². The highest BCUT2D eigenvalue weighted by molar-refractivity contribution is 6.03. The SMILES string of the molecule is CC(C)c1nn2ccccc2c1C(=O)N1CCC(c2ccc(NC(=O)c3ccc(C(F)(F)F)n3C)cc2)CC1. The van der Waals surface area contributed by atoms with Crippen LogP contribution >= 0.6 is 0 Å². The second kappa shape index (κ2) is 10.2. The number of carbonyl (C=O) groups is 2. The summed E-state index contributed by atoms with van der Waals surface area (Å²) < 4.78 is 41.8. The number of rotatable bonds is 5. The Hall–Kier alpha value is -4.08. The van der Waals surface area contributed by atoms with Crippen LogP contribution in [0.2, 0.25) is 0 Å². The van der Waals surface area contributed by atoms with Gasteiger partial charge in [0, 0.05) is 32.0 Å². The Balaban J connectivity index is 1.23. The molecule has 10 heteroatoms. The van der Waals surface area contributed by atoms with Crippen LogP contribution < -0.4 is 5.32 Å². The summed E-state index contributed by atoms with van der Waals surface area (Å²) >= 11 is 0. The Labute approximate surface area is 224 Å². The molecule has 39 heavy (non-hydrogen) atoms. The Bertz CT molecular complexity index is 1510. The summed E-state index contributed by atoms with van der Waals surface area (Å²) in [5, 5.41) is 7.32. The zero-order valence-electron chi connectivity index (χ0n) is 22.0. The number of anilines is 1. The minimum Gasteiger partial charge on any atom is -0.338 e. The van der Waals surface area contributed by atoms with Gasteiger partial charge >= 0.3 is 6.18 Å². The van der Waals surface area contributed by atoms with Crippen molar-refractivity contribution < 1.29 is 22.8 Å². The Kier molecular flexibility index (Phi) is 6.96. The summed E-state index contributed by atoms with van der Waals surface area (Å²) in [6.45, 7) is 5.32. The molecule has 0 spiro atoms. The summed E-state index contributed by atoms with van der Waals surface area (Å²) in [5.41, 5.74) is 2.93. The summed E-state index contributed by atoms with van der Waals surface area (Å²) in [4.78, 5) is 28.0. The van der Waals surface area contributed by atoms with Gasteiger partial charge in [0.15, 0.2) is 0 Å². The summed E-state index contributed by atoms with van der Waals surface area (Å²) in [6.07, 6.45) is -1.07. The van der Waals surface area contributed by atoms with Crippen LogP contribution in [0.5, 0.6) is 0 Å². The second-order valence-electron chi connectivity index (χ2n) is 10.2. The van der Waals surface area contributed by atoms with Crippen LogP contribution in [0.4, 0.5) is 18.9 Å². The first kappa shape index (κ1) is 26.5. The molecule has 4 aromatic rings. The Morgan fingerprint density at radius 2 is 1.69 bits per heavy atom. The molecule has 0 atom stereocenters. The third-order valence-electron chi connectivity index (χ3n) is 7.39. The van der Waals surface area contributed by atoms with Gasteiger partial charge in [0.1, 0.15) is 11.4 Å². The van der Waals surface area contributed by atoms with Crippen molar-refractivity contribution in [3.63, 3.8) is 0 Å². The molecule has 1 fully saturated rings. The molecule has 0 radical (unpaired) electrons. The van der Waals surface area contributed by atoms with Gasteiger partial charge in [-0.3, -0.25) is 9.59 Å². The lowest BCUT2D eigenvalue weighted by atomic mass is 9.89. The van der Waals surface area contributed by atoms with E-state index in [-0.39, 0.29) is 23.4 Å². The quantitative estimate of drug-likeness (QED) is 0.335. The highest BCUT2D eigenvalue weighted by Crippen LogP contribution is 2.32. The maximum Gasteiger partial charge on any atom is 0.431 e. The van der Waals surface area contributed by atoms with E-state index >= 15 is 0 Å². The molecule has 3 aromatic heterocycles. The molecule has 0 bridgehead atoms. The van der Waals surface area contributed by atoms with Gasteiger partial charge in [-0.05, 0) is 66.6 Å². The monoisotopic (exact) mass is 537 g/mol. The Morgan fingerprint density at radius 1 is 1.00 bits per heavy atom. The number of likely N-dealkylation sites (tertiary alicyclic amines) is 1. The minimum atomic E-state index is -4.53. The maximum absolute atomic E-state index is 13.6. The summed E-state index contributed by atoms with van der Waals surface area (Å²) in [7, 11) is 1.22. The van der Waals surface area contributed by atoms with E-state index in [9.17, 15) is 22.8 Å². The molecule has 204 valence electrons. The molecule has 5 rings (SSSR count). The lowest BCUT2D eigenvalue weighted by Crippen LogP contribution is -2.38. The number of halogens is 3. The number of benzene rings is 1. The van der Waals surface area contributed by atoms with Crippen LogP contribution in [0.25, 0.3) is 5.52 Å². The van der Waals surface area contributed by atoms with Crippen LogP contribution in [0.1, 0.15) is 76.3 Å². The third kappa shape index (κ3) is 5.15. The van der Waals surface area contributed by atoms with Crippen molar-refractivity contribution >= 4 is 23.0 Å². The first-order valence-electron chi connectivity index (χ1n) is 13.0. The van der Waals surface area contributed by atoms with E-state index in [1.165, 1.54) is 13.1 Å². The van der Waals surface area contributed by atoms with E-state index in [0.717, 1.165) is 40.2 Å². The van der Waals surface area contributed by atoms with Gasteiger partial charge in [-0.15, -0.1) is 0 Å². The number of hydrogen-bond acceptors (Lipinski definition) is 3.